The van der Waals surface area contributed by atoms with E-state index in [9.17, 15) is 14.9 Å². The van der Waals surface area contributed by atoms with E-state index in [0.29, 0.717) is 41.3 Å². The predicted molar refractivity (Wildman–Crippen MR) is 140 cm³/mol. The molecule has 4 bridgehead atoms. The third-order valence-electron chi connectivity index (χ3n) is 8.50. The molecule has 1 amide bonds. The zero-order chi connectivity index (χ0) is 25.9. The molecule has 0 spiro atoms. The Morgan fingerprint density at radius 3 is 2.49 bits per heavy atom. The van der Waals surface area contributed by atoms with E-state index in [1.807, 2.05) is 41.2 Å². The van der Waals surface area contributed by atoms with Crippen LogP contribution < -0.4 is 5.32 Å². The Balaban J connectivity index is 1.18. The molecule has 4 fully saturated rings. The average Bonchev–Trinajstić information content (AvgIpc) is 3.38. The van der Waals surface area contributed by atoms with Gasteiger partial charge in [-0.25, -0.2) is 0 Å². The van der Waals surface area contributed by atoms with Gasteiger partial charge in [-0.3, -0.25) is 9.48 Å². The van der Waals surface area contributed by atoms with Crippen molar-refractivity contribution < 1.29 is 9.72 Å². The van der Waals surface area contributed by atoms with Crippen LogP contribution >= 0.6 is 23.2 Å². The second-order valence-corrected chi connectivity index (χ2v) is 12.1. The first-order valence-electron chi connectivity index (χ1n) is 12.6. The van der Waals surface area contributed by atoms with Gasteiger partial charge in [-0.1, -0.05) is 35.3 Å². The molecule has 37 heavy (non-hydrogen) atoms. The SMILES string of the molecule is Cc1c(Cl)c([N+](=O)[O-])nn1C12CC3CC(CC(CC(=O)Nc4ccn(Cc5ccc(Cl)cc5)n4)(C3)C1)C2. The molecule has 1 aromatic carbocycles. The summed E-state index contributed by atoms with van der Waals surface area (Å²) in [6.07, 6.45) is 8.04. The number of carbonyl (C=O) groups excluding carboxylic acids is 1. The molecule has 3 aromatic rings. The monoisotopic (exact) mass is 542 g/mol. The molecule has 7 rings (SSSR count). The van der Waals surface area contributed by atoms with Crippen LogP contribution in [0.4, 0.5) is 11.6 Å². The Kier molecular flexibility index (Phi) is 5.84. The van der Waals surface area contributed by atoms with E-state index in [-0.39, 0.29) is 27.7 Å². The van der Waals surface area contributed by atoms with Gasteiger partial charge in [0.15, 0.2) is 10.8 Å². The maximum absolute atomic E-state index is 13.2. The molecule has 4 saturated carbocycles. The first-order valence-corrected chi connectivity index (χ1v) is 13.4. The number of halogens is 2. The predicted octanol–water partition coefficient (Wildman–Crippen LogP) is 5.98. The van der Waals surface area contributed by atoms with Crippen LogP contribution in [-0.4, -0.2) is 30.4 Å². The van der Waals surface area contributed by atoms with Crippen LogP contribution in [0.15, 0.2) is 36.5 Å². The van der Waals surface area contributed by atoms with Crippen molar-refractivity contribution in [1.29, 1.82) is 0 Å². The fourth-order valence-corrected chi connectivity index (χ4v) is 8.04. The highest BCUT2D eigenvalue weighted by Gasteiger charge is 2.60. The lowest BCUT2D eigenvalue weighted by atomic mass is 9.46. The second-order valence-electron chi connectivity index (χ2n) is 11.3. The van der Waals surface area contributed by atoms with E-state index < -0.39 is 4.92 Å². The fourth-order valence-electron chi connectivity index (χ4n) is 7.72. The zero-order valence-corrected chi connectivity index (χ0v) is 22.0. The molecule has 2 atom stereocenters. The molecule has 11 heteroatoms. The average molecular weight is 543 g/mol. The van der Waals surface area contributed by atoms with Crippen LogP contribution in [0.5, 0.6) is 0 Å². The maximum atomic E-state index is 13.2. The summed E-state index contributed by atoms with van der Waals surface area (Å²) in [6.45, 7) is 2.39. The van der Waals surface area contributed by atoms with Crippen molar-refractivity contribution in [2.45, 2.75) is 64.0 Å². The van der Waals surface area contributed by atoms with Gasteiger partial charge in [0.25, 0.3) is 0 Å². The van der Waals surface area contributed by atoms with E-state index >= 15 is 0 Å². The van der Waals surface area contributed by atoms with E-state index in [1.54, 1.807) is 11.6 Å². The minimum absolute atomic E-state index is 0.0463. The summed E-state index contributed by atoms with van der Waals surface area (Å²) in [5.41, 5.74) is 1.23. The standard InChI is InChI=1S/C26H28Cl2N6O3/c1-16-23(28)24(34(36)37)31-33(16)26-11-18-8-19(12-26)10-25(9-18,15-26)13-22(35)29-21-6-7-32(30-21)14-17-2-4-20(27)5-3-17/h2-7,18-19H,8-15H2,1H3,(H,29,30,35). The Labute approximate surface area is 224 Å². The van der Waals surface area contributed by atoms with Crippen molar-refractivity contribution in [3.63, 3.8) is 0 Å². The first kappa shape index (κ1) is 24.4. The van der Waals surface area contributed by atoms with Crippen LogP contribution in [0, 0.1) is 34.3 Å². The molecule has 2 unspecified atom stereocenters. The fraction of sp³-hybridized carbons (Fsp3) is 0.500. The van der Waals surface area contributed by atoms with E-state index in [1.165, 1.54) is 0 Å². The molecule has 0 radical (unpaired) electrons. The van der Waals surface area contributed by atoms with Crippen molar-refractivity contribution in [3.8, 4) is 0 Å². The molecule has 1 N–H and O–H groups in total. The van der Waals surface area contributed by atoms with Crippen molar-refractivity contribution in [3.05, 3.63) is 67.9 Å². The highest BCUT2D eigenvalue weighted by Crippen LogP contribution is 2.65. The van der Waals surface area contributed by atoms with E-state index in [4.69, 9.17) is 23.2 Å². The first-order chi connectivity index (χ1) is 17.6. The Morgan fingerprint density at radius 2 is 1.84 bits per heavy atom. The second kappa shape index (κ2) is 8.84. The van der Waals surface area contributed by atoms with Gasteiger partial charge in [-0.15, -0.1) is 0 Å². The molecule has 0 saturated heterocycles. The maximum Gasteiger partial charge on any atom is 0.408 e. The summed E-state index contributed by atoms with van der Waals surface area (Å²) in [7, 11) is 0. The van der Waals surface area contributed by atoms with Crippen molar-refractivity contribution in [2.75, 3.05) is 5.32 Å². The normalized spacial score (nSPS) is 28.0. The lowest BCUT2D eigenvalue weighted by Gasteiger charge is -2.61. The molecule has 2 heterocycles. The molecular weight excluding hydrogens is 515 g/mol. The number of anilines is 1. The molecule has 194 valence electrons. The summed E-state index contributed by atoms with van der Waals surface area (Å²) in [5.74, 6) is 1.16. The number of nitrogens with zero attached hydrogens (tertiary/aromatic N) is 5. The summed E-state index contributed by atoms with van der Waals surface area (Å²) < 4.78 is 3.62. The summed E-state index contributed by atoms with van der Waals surface area (Å²) in [6, 6.07) is 9.40. The van der Waals surface area contributed by atoms with Crippen molar-refractivity contribution in [2.24, 2.45) is 17.3 Å². The van der Waals surface area contributed by atoms with Crippen molar-refractivity contribution >= 4 is 40.7 Å². The van der Waals surface area contributed by atoms with Crippen LogP contribution in [0.2, 0.25) is 10.0 Å². The third kappa shape index (κ3) is 4.42. The number of amides is 1. The van der Waals surface area contributed by atoms with Crippen LogP contribution in [0.1, 0.15) is 56.2 Å². The van der Waals surface area contributed by atoms with Crippen molar-refractivity contribution in [1.82, 2.24) is 19.6 Å². The Hall–Kier alpha value is -2.91. The number of carbonyl (C=O) groups is 1. The summed E-state index contributed by atoms with van der Waals surface area (Å²) in [4.78, 5) is 24.2. The summed E-state index contributed by atoms with van der Waals surface area (Å²) in [5, 5.41) is 24.2. The van der Waals surface area contributed by atoms with E-state index in [2.05, 4.69) is 15.5 Å². The van der Waals surface area contributed by atoms with Gasteiger partial charge < -0.3 is 15.4 Å². The van der Waals surface area contributed by atoms with Gasteiger partial charge in [-0.05, 0) is 85.3 Å². The minimum Gasteiger partial charge on any atom is -0.358 e. The van der Waals surface area contributed by atoms with Gasteiger partial charge >= 0.3 is 5.82 Å². The number of hydrogen-bond donors (Lipinski definition) is 1. The highest BCUT2D eigenvalue weighted by atomic mass is 35.5. The molecule has 4 aliphatic carbocycles. The lowest BCUT2D eigenvalue weighted by molar-refractivity contribution is -0.389. The number of benzene rings is 1. The van der Waals surface area contributed by atoms with Gasteiger partial charge in [0.1, 0.15) is 0 Å². The Morgan fingerprint density at radius 1 is 1.14 bits per heavy atom. The van der Waals surface area contributed by atoms with Crippen LogP contribution in [0.25, 0.3) is 0 Å². The Bertz CT molecular complexity index is 1370. The number of nitro groups is 1. The molecule has 9 nitrogen and oxygen atoms in total. The number of nitrogens with one attached hydrogen (secondary N) is 1. The van der Waals surface area contributed by atoms with Gasteiger partial charge in [-0.2, -0.15) is 9.78 Å². The number of rotatable bonds is 7. The lowest BCUT2D eigenvalue weighted by Crippen LogP contribution is -2.57. The minimum atomic E-state index is -0.512. The topological polar surface area (TPSA) is 108 Å². The molecular formula is C26H28Cl2N6O3. The third-order valence-corrected chi connectivity index (χ3v) is 9.20. The zero-order valence-electron chi connectivity index (χ0n) is 20.5. The van der Waals surface area contributed by atoms with Gasteiger partial charge in [0.05, 0.1) is 22.9 Å². The quantitative estimate of drug-likeness (QED) is 0.292. The van der Waals surface area contributed by atoms with E-state index in [0.717, 1.165) is 44.1 Å². The molecule has 4 aliphatic rings. The van der Waals surface area contributed by atoms with Crippen LogP contribution in [0.3, 0.4) is 0 Å². The number of aromatic nitrogens is 4. The summed E-state index contributed by atoms with van der Waals surface area (Å²) >= 11 is 12.3. The number of hydrogen-bond acceptors (Lipinski definition) is 5. The highest BCUT2D eigenvalue weighted by molar-refractivity contribution is 6.33. The molecule has 0 aliphatic heterocycles. The van der Waals surface area contributed by atoms with Gasteiger partial charge in [0, 0.05) is 23.7 Å². The smallest absolute Gasteiger partial charge is 0.358 e. The van der Waals surface area contributed by atoms with Gasteiger partial charge in [0.2, 0.25) is 5.91 Å². The largest absolute Gasteiger partial charge is 0.408 e. The molecule has 2 aromatic heterocycles. The van der Waals surface area contributed by atoms with Crippen LogP contribution in [-0.2, 0) is 16.9 Å².